The maximum absolute atomic E-state index is 14.2. The van der Waals surface area contributed by atoms with Crippen LogP contribution in [0.5, 0.6) is 5.88 Å². The molecule has 0 aliphatic heterocycles. The number of carbonyl (C=O) groups is 1. The predicted octanol–water partition coefficient (Wildman–Crippen LogP) is 3.27. The average molecular weight is 430 g/mol. The number of aromatic nitrogens is 6. The van der Waals surface area contributed by atoms with E-state index in [0.717, 1.165) is 15.8 Å². The van der Waals surface area contributed by atoms with Crippen molar-refractivity contribution in [2.75, 3.05) is 0 Å². The first-order chi connectivity index (χ1) is 15.5. The summed E-state index contributed by atoms with van der Waals surface area (Å²) in [6.45, 7) is 0.299. The normalized spacial score (nSPS) is 11.2. The molecule has 2 N–H and O–H groups in total. The molecule has 0 saturated heterocycles. The summed E-state index contributed by atoms with van der Waals surface area (Å²) in [5.74, 6) is -1.74. The second-order valence-corrected chi connectivity index (χ2v) is 7.04. The first kappa shape index (κ1) is 19.4. The van der Waals surface area contributed by atoms with Crippen LogP contribution in [0.1, 0.15) is 15.9 Å². The molecule has 0 bridgehead atoms. The number of aromatic carboxylic acids is 1. The van der Waals surface area contributed by atoms with E-state index in [-0.39, 0.29) is 23.2 Å². The first-order valence-electron chi connectivity index (χ1n) is 9.54. The largest absolute Gasteiger partial charge is 0.492 e. The van der Waals surface area contributed by atoms with Gasteiger partial charge in [0.15, 0.2) is 0 Å². The third-order valence-corrected chi connectivity index (χ3v) is 4.94. The second-order valence-electron chi connectivity index (χ2n) is 7.04. The molecule has 3 aromatic heterocycles. The molecule has 5 aromatic rings. The summed E-state index contributed by atoms with van der Waals surface area (Å²) in [4.78, 5) is 19.4. The van der Waals surface area contributed by atoms with Crippen molar-refractivity contribution in [3.8, 4) is 23.0 Å². The van der Waals surface area contributed by atoms with Crippen molar-refractivity contribution in [1.29, 1.82) is 0 Å². The standard InChI is InChI=1S/C22H15FN6O3/c23-17-7-2-1-6-16(17)14-5-3-4-13(8-14)11-28-19-18(10-25-28)26-22(27-20(19)30)29-12-15(9-24-29)21(31)32/h1-10,12H,11H2,(H,31,32)(H,26,27,30). The number of carboxylic acid groups (broad SMARTS) is 1. The fourth-order valence-electron chi connectivity index (χ4n) is 3.44. The predicted molar refractivity (Wildman–Crippen MR) is 112 cm³/mol. The van der Waals surface area contributed by atoms with Crippen LogP contribution in [0.3, 0.4) is 0 Å². The van der Waals surface area contributed by atoms with E-state index in [2.05, 4.69) is 20.2 Å². The van der Waals surface area contributed by atoms with Crippen molar-refractivity contribution in [2.24, 2.45) is 0 Å². The molecule has 0 aliphatic rings. The SMILES string of the molecule is O=C(O)c1cnn(-c2nc(O)c3c(cnn3Cc3cccc(-c4ccccc4F)c3)n2)c1. The van der Waals surface area contributed by atoms with E-state index >= 15 is 0 Å². The summed E-state index contributed by atoms with van der Waals surface area (Å²) in [6, 6.07) is 13.9. The van der Waals surface area contributed by atoms with E-state index in [1.165, 1.54) is 24.7 Å². The smallest absolute Gasteiger partial charge is 0.338 e. The lowest BCUT2D eigenvalue weighted by molar-refractivity contribution is 0.0697. The third-order valence-electron chi connectivity index (χ3n) is 4.94. The summed E-state index contributed by atoms with van der Waals surface area (Å²) in [7, 11) is 0. The minimum absolute atomic E-state index is 0.0172. The van der Waals surface area contributed by atoms with Gasteiger partial charge in [-0.3, -0.25) is 4.68 Å². The van der Waals surface area contributed by atoms with Crippen LogP contribution < -0.4 is 0 Å². The van der Waals surface area contributed by atoms with Crippen molar-refractivity contribution < 1.29 is 19.4 Å². The van der Waals surface area contributed by atoms with E-state index < -0.39 is 5.97 Å². The van der Waals surface area contributed by atoms with Gasteiger partial charge in [0.05, 0.1) is 24.5 Å². The second kappa shape index (κ2) is 7.58. The van der Waals surface area contributed by atoms with Crippen molar-refractivity contribution >= 4 is 17.0 Å². The lowest BCUT2D eigenvalue weighted by Crippen LogP contribution is -2.05. The molecule has 0 radical (unpaired) electrons. The molecule has 10 heteroatoms. The van der Waals surface area contributed by atoms with Crippen molar-refractivity contribution in [2.45, 2.75) is 6.54 Å². The summed E-state index contributed by atoms with van der Waals surface area (Å²) in [5, 5.41) is 27.8. The molecule has 0 fully saturated rings. The minimum Gasteiger partial charge on any atom is -0.492 e. The third kappa shape index (κ3) is 3.43. The molecule has 9 nitrogen and oxygen atoms in total. The molecule has 32 heavy (non-hydrogen) atoms. The number of aromatic hydroxyl groups is 1. The molecule has 2 aromatic carbocycles. The highest BCUT2D eigenvalue weighted by Crippen LogP contribution is 2.26. The van der Waals surface area contributed by atoms with Gasteiger partial charge in [-0.2, -0.15) is 15.2 Å². The van der Waals surface area contributed by atoms with Gasteiger partial charge >= 0.3 is 5.97 Å². The van der Waals surface area contributed by atoms with Gasteiger partial charge in [-0.25, -0.2) is 18.9 Å². The van der Waals surface area contributed by atoms with Crippen molar-refractivity contribution in [1.82, 2.24) is 29.5 Å². The molecule has 0 saturated carbocycles. The fraction of sp³-hybridized carbons (Fsp3) is 0.0455. The summed E-state index contributed by atoms with van der Waals surface area (Å²) in [5.41, 5.74) is 2.72. The molecular weight excluding hydrogens is 415 g/mol. The Kier molecular flexibility index (Phi) is 4.59. The summed E-state index contributed by atoms with van der Waals surface area (Å²) >= 11 is 0. The molecule has 5 rings (SSSR count). The highest BCUT2D eigenvalue weighted by atomic mass is 19.1. The Morgan fingerprint density at radius 3 is 2.66 bits per heavy atom. The number of hydrogen-bond donors (Lipinski definition) is 2. The van der Waals surface area contributed by atoms with E-state index in [1.54, 1.807) is 22.9 Å². The van der Waals surface area contributed by atoms with Crippen LogP contribution in [-0.4, -0.2) is 45.7 Å². The van der Waals surface area contributed by atoms with Gasteiger partial charge in [-0.05, 0) is 23.3 Å². The van der Waals surface area contributed by atoms with Gasteiger partial charge < -0.3 is 10.2 Å². The quantitative estimate of drug-likeness (QED) is 0.439. The van der Waals surface area contributed by atoms with E-state index in [1.807, 2.05) is 24.3 Å². The van der Waals surface area contributed by atoms with Crippen molar-refractivity contribution in [3.05, 3.63) is 84.1 Å². The molecule has 158 valence electrons. The average Bonchev–Trinajstić information content (AvgIpc) is 3.42. The number of hydrogen-bond acceptors (Lipinski definition) is 6. The van der Waals surface area contributed by atoms with E-state index in [0.29, 0.717) is 23.1 Å². The van der Waals surface area contributed by atoms with Crippen LogP contribution in [0.2, 0.25) is 0 Å². The van der Waals surface area contributed by atoms with Crippen LogP contribution in [0.4, 0.5) is 4.39 Å². The van der Waals surface area contributed by atoms with Gasteiger partial charge in [-0.15, -0.1) is 0 Å². The van der Waals surface area contributed by atoms with Gasteiger partial charge in [0.1, 0.15) is 16.9 Å². The van der Waals surface area contributed by atoms with E-state index in [4.69, 9.17) is 5.11 Å². The number of benzene rings is 2. The zero-order valence-corrected chi connectivity index (χ0v) is 16.4. The zero-order valence-electron chi connectivity index (χ0n) is 16.4. The molecule has 0 amide bonds. The first-order valence-corrected chi connectivity index (χ1v) is 9.54. The number of carboxylic acids is 1. The van der Waals surface area contributed by atoms with Gasteiger partial charge in [0.25, 0.3) is 5.95 Å². The number of halogens is 1. The Labute approximate surface area is 180 Å². The van der Waals surface area contributed by atoms with Crippen LogP contribution in [0, 0.1) is 5.82 Å². The van der Waals surface area contributed by atoms with Crippen molar-refractivity contribution in [3.63, 3.8) is 0 Å². The number of fused-ring (bicyclic) bond motifs is 1. The van der Waals surface area contributed by atoms with Crippen LogP contribution in [0.15, 0.2) is 67.1 Å². The topological polar surface area (TPSA) is 119 Å². The monoisotopic (exact) mass is 430 g/mol. The minimum atomic E-state index is -1.13. The lowest BCUT2D eigenvalue weighted by Gasteiger charge is -2.08. The summed E-state index contributed by atoms with van der Waals surface area (Å²) in [6.07, 6.45) is 3.89. The van der Waals surface area contributed by atoms with Gasteiger partial charge in [-0.1, -0.05) is 36.4 Å². The van der Waals surface area contributed by atoms with Crippen LogP contribution in [0.25, 0.3) is 28.1 Å². The maximum atomic E-state index is 14.2. The van der Waals surface area contributed by atoms with Gasteiger partial charge in [0, 0.05) is 11.8 Å². The maximum Gasteiger partial charge on any atom is 0.338 e. The van der Waals surface area contributed by atoms with E-state index in [9.17, 15) is 14.3 Å². The molecule has 0 aliphatic carbocycles. The molecule has 0 unspecified atom stereocenters. The number of rotatable bonds is 5. The highest BCUT2D eigenvalue weighted by Gasteiger charge is 2.16. The molecule has 0 spiro atoms. The molecule has 3 heterocycles. The summed E-state index contributed by atoms with van der Waals surface area (Å²) < 4.78 is 16.9. The Bertz CT molecular complexity index is 1480. The van der Waals surface area contributed by atoms with Crippen LogP contribution in [-0.2, 0) is 6.54 Å². The molecule has 0 atom stereocenters. The highest BCUT2D eigenvalue weighted by molar-refractivity contribution is 5.87. The fourth-order valence-corrected chi connectivity index (χ4v) is 3.44. The van der Waals surface area contributed by atoms with Gasteiger partial charge in [0.2, 0.25) is 5.88 Å². The van der Waals surface area contributed by atoms with Crippen LogP contribution >= 0.6 is 0 Å². The Hall–Kier alpha value is -4.60. The lowest BCUT2D eigenvalue weighted by atomic mass is 10.0. The number of nitrogens with zero attached hydrogens (tertiary/aromatic N) is 6. The molecular formula is C22H15FN6O3. The Morgan fingerprint density at radius 1 is 1.03 bits per heavy atom. The Balaban J connectivity index is 1.49. The Morgan fingerprint density at radius 2 is 1.88 bits per heavy atom. The zero-order chi connectivity index (χ0) is 22.2.